The fraction of sp³-hybridized carbons (Fsp3) is 0.267. The fourth-order valence-corrected chi connectivity index (χ4v) is 2.86. The molecule has 2 heterocycles. The minimum atomic E-state index is -1.08. The smallest absolute Gasteiger partial charge is 0.323 e. The monoisotopic (exact) mass is 334 g/mol. The maximum atomic E-state index is 12.4. The van der Waals surface area contributed by atoms with Gasteiger partial charge in [0.25, 0.3) is 0 Å². The summed E-state index contributed by atoms with van der Waals surface area (Å²) in [6.45, 7) is 0.0457. The van der Waals surface area contributed by atoms with Gasteiger partial charge in [-0.3, -0.25) is 4.79 Å². The molecule has 0 bridgehead atoms. The summed E-state index contributed by atoms with van der Waals surface area (Å²) in [6, 6.07) is 6.39. The molecule has 0 saturated heterocycles. The lowest BCUT2D eigenvalue weighted by Crippen LogP contribution is -2.47. The number of aromatic amines is 1. The van der Waals surface area contributed by atoms with Crippen LogP contribution in [-0.4, -0.2) is 45.1 Å². The highest BCUT2D eigenvalue weighted by molar-refractivity contribution is 6.30. The Kier molecular flexibility index (Phi) is 4.20. The predicted octanol–water partition coefficient (Wildman–Crippen LogP) is 1.80. The number of carboxylic acids is 1. The highest BCUT2D eigenvalue weighted by Crippen LogP contribution is 2.33. The first-order valence-electron chi connectivity index (χ1n) is 7.10. The molecular formula is C15H15ClN4O3. The summed E-state index contributed by atoms with van der Waals surface area (Å²) in [7, 11) is 0. The van der Waals surface area contributed by atoms with Crippen molar-refractivity contribution in [2.24, 2.45) is 0 Å². The molecule has 0 saturated carbocycles. The highest BCUT2D eigenvalue weighted by Gasteiger charge is 2.34. The number of rotatable bonds is 3. The molecule has 0 radical (unpaired) electrons. The number of carbonyl (C=O) groups is 2. The first-order valence-corrected chi connectivity index (χ1v) is 7.48. The normalized spacial score (nSPS) is 16.7. The van der Waals surface area contributed by atoms with Crippen LogP contribution in [0.1, 0.15) is 23.0 Å². The third-order valence-corrected chi connectivity index (χ3v) is 4.01. The Labute approximate surface area is 137 Å². The van der Waals surface area contributed by atoms with E-state index in [2.05, 4.69) is 15.3 Å². The number of aromatic nitrogens is 2. The van der Waals surface area contributed by atoms with E-state index < -0.39 is 18.5 Å². The molecule has 7 nitrogen and oxygen atoms in total. The molecule has 3 N–H and O–H groups in total. The van der Waals surface area contributed by atoms with Crippen LogP contribution < -0.4 is 5.32 Å². The number of nitrogens with zero attached hydrogens (tertiary/aromatic N) is 2. The van der Waals surface area contributed by atoms with Crippen LogP contribution in [0.15, 0.2) is 30.6 Å². The second kappa shape index (κ2) is 6.29. The standard InChI is InChI=1S/C15H15ClN4O3/c16-10-3-1-9(2-4-10)14-13-11(18-8-19-13)5-6-20(14)15(23)17-7-12(21)22/h1-4,8,14H,5-7H2,(H,17,23)(H,18,19)(H,21,22). The van der Waals surface area contributed by atoms with Crippen molar-refractivity contribution in [3.05, 3.63) is 52.6 Å². The van der Waals surface area contributed by atoms with Crippen molar-refractivity contribution in [3.8, 4) is 0 Å². The van der Waals surface area contributed by atoms with Gasteiger partial charge >= 0.3 is 12.0 Å². The van der Waals surface area contributed by atoms with Crippen LogP contribution in [0.25, 0.3) is 0 Å². The summed E-state index contributed by atoms with van der Waals surface area (Å²) in [5.74, 6) is -1.08. The number of fused-ring (bicyclic) bond motifs is 1. The van der Waals surface area contributed by atoms with Crippen molar-refractivity contribution in [2.75, 3.05) is 13.1 Å². The van der Waals surface area contributed by atoms with Gasteiger partial charge in [-0.25, -0.2) is 9.78 Å². The first-order chi connectivity index (χ1) is 11.1. The summed E-state index contributed by atoms with van der Waals surface area (Å²) >= 11 is 5.93. The van der Waals surface area contributed by atoms with Crippen LogP contribution in [0.5, 0.6) is 0 Å². The molecule has 0 fully saturated rings. The number of benzene rings is 1. The van der Waals surface area contributed by atoms with Crippen molar-refractivity contribution in [3.63, 3.8) is 0 Å². The number of imidazole rings is 1. The number of carboxylic acid groups (broad SMARTS) is 1. The fourth-order valence-electron chi connectivity index (χ4n) is 2.73. The molecule has 8 heteroatoms. The summed E-state index contributed by atoms with van der Waals surface area (Å²) in [5, 5.41) is 11.7. The molecule has 1 aromatic carbocycles. The van der Waals surface area contributed by atoms with Crippen LogP contribution in [0, 0.1) is 0 Å². The van der Waals surface area contributed by atoms with Crippen molar-refractivity contribution in [1.82, 2.24) is 20.2 Å². The minimum Gasteiger partial charge on any atom is -0.480 e. The topological polar surface area (TPSA) is 98.3 Å². The summed E-state index contributed by atoms with van der Waals surface area (Å²) in [6.07, 6.45) is 2.24. The van der Waals surface area contributed by atoms with E-state index in [-0.39, 0.29) is 6.04 Å². The molecule has 2 aromatic rings. The lowest BCUT2D eigenvalue weighted by molar-refractivity contribution is -0.135. The number of halogens is 1. The Balaban J connectivity index is 1.93. The number of nitrogens with one attached hydrogen (secondary N) is 2. The second-order valence-electron chi connectivity index (χ2n) is 5.22. The molecule has 120 valence electrons. The molecule has 0 spiro atoms. The largest absolute Gasteiger partial charge is 0.480 e. The lowest BCUT2D eigenvalue weighted by atomic mass is 9.96. The van der Waals surface area contributed by atoms with Gasteiger partial charge in [0.1, 0.15) is 12.6 Å². The summed E-state index contributed by atoms with van der Waals surface area (Å²) in [4.78, 5) is 32.1. The Morgan fingerprint density at radius 3 is 2.83 bits per heavy atom. The molecule has 1 aromatic heterocycles. The van der Waals surface area contributed by atoms with Gasteiger partial charge in [0.15, 0.2) is 0 Å². The number of urea groups is 1. The molecule has 1 aliphatic heterocycles. The zero-order valence-electron chi connectivity index (χ0n) is 12.1. The Bertz CT molecular complexity index is 729. The molecule has 3 rings (SSSR count). The van der Waals surface area contributed by atoms with Gasteiger partial charge in [0.2, 0.25) is 0 Å². The van der Waals surface area contributed by atoms with Crippen LogP contribution in [-0.2, 0) is 11.2 Å². The molecule has 1 aliphatic rings. The molecule has 0 aliphatic carbocycles. The lowest BCUT2D eigenvalue weighted by Gasteiger charge is -2.35. The second-order valence-corrected chi connectivity index (χ2v) is 5.65. The van der Waals surface area contributed by atoms with Crippen molar-refractivity contribution in [1.29, 1.82) is 0 Å². The maximum absolute atomic E-state index is 12.4. The Morgan fingerprint density at radius 1 is 1.39 bits per heavy atom. The van der Waals surface area contributed by atoms with E-state index in [0.717, 1.165) is 17.0 Å². The molecule has 2 amide bonds. The Morgan fingerprint density at radius 2 is 2.13 bits per heavy atom. The maximum Gasteiger partial charge on any atom is 0.323 e. The number of amides is 2. The van der Waals surface area contributed by atoms with Gasteiger partial charge in [0, 0.05) is 23.7 Å². The van der Waals surface area contributed by atoms with Crippen LogP contribution >= 0.6 is 11.6 Å². The minimum absolute atomic E-state index is 0.379. The van der Waals surface area contributed by atoms with E-state index in [1.807, 2.05) is 12.1 Å². The average molecular weight is 335 g/mol. The van der Waals surface area contributed by atoms with E-state index in [0.29, 0.717) is 18.0 Å². The van der Waals surface area contributed by atoms with Crippen LogP contribution in [0.3, 0.4) is 0 Å². The van der Waals surface area contributed by atoms with E-state index in [4.69, 9.17) is 16.7 Å². The van der Waals surface area contributed by atoms with Crippen LogP contribution in [0.2, 0.25) is 5.02 Å². The van der Waals surface area contributed by atoms with Gasteiger partial charge in [-0.1, -0.05) is 23.7 Å². The number of H-pyrrole nitrogens is 1. The van der Waals surface area contributed by atoms with Crippen LogP contribution in [0.4, 0.5) is 4.79 Å². The third kappa shape index (κ3) is 3.14. The van der Waals surface area contributed by atoms with Crippen molar-refractivity contribution < 1.29 is 14.7 Å². The van der Waals surface area contributed by atoms with Gasteiger partial charge in [-0.05, 0) is 17.7 Å². The van der Waals surface area contributed by atoms with E-state index >= 15 is 0 Å². The average Bonchev–Trinajstić information content (AvgIpc) is 3.01. The van der Waals surface area contributed by atoms with Gasteiger partial charge < -0.3 is 20.3 Å². The quantitative estimate of drug-likeness (QED) is 0.797. The zero-order valence-corrected chi connectivity index (χ0v) is 12.9. The number of hydrogen-bond acceptors (Lipinski definition) is 3. The van der Waals surface area contributed by atoms with Gasteiger partial charge in [-0.15, -0.1) is 0 Å². The number of carbonyl (C=O) groups excluding carboxylic acids is 1. The summed E-state index contributed by atoms with van der Waals surface area (Å²) < 4.78 is 0. The summed E-state index contributed by atoms with van der Waals surface area (Å²) in [5.41, 5.74) is 2.62. The van der Waals surface area contributed by atoms with E-state index in [9.17, 15) is 9.59 Å². The highest BCUT2D eigenvalue weighted by atomic mass is 35.5. The zero-order chi connectivity index (χ0) is 16.4. The molecule has 23 heavy (non-hydrogen) atoms. The SMILES string of the molecule is O=C(O)CNC(=O)N1CCc2[nH]cnc2C1c1ccc(Cl)cc1. The first kappa shape index (κ1) is 15.4. The van der Waals surface area contributed by atoms with E-state index in [1.54, 1.807) is 23.4 Å². The number of hydrogen-bond donors (Lipinski definition) is 3. The van der Waals surface area contributed by atoms with E-state index in [1.165, 1.54) is 0 Å². The van der Waals surface area contributed by atoms with Gasteiger partial charge in [0.05, 0.1) is 12.0 Å². The molecule has 1 atom stereocenters. The van der Waals surface area contributed by atoms with Crippen molar-refractivity contribution >= 4 is 23.6 Å². The molecule has 1 unspecified atom stereocenters. The Hall–Kier alpha value is -2.54. The molecular weight excluding hydrogens is 320 g/mol. The third-order valence-electron chi connectivity index (χ3n) is 3.76. The predicted molar refractivity (Wildman–Crippen MR) is 83.3 cm³/mol. The number of aliphatic carboxylic acids is 1. The van der Waals surface area contributed by atoms with Crippen molar-refractivity contribution in [2.45, 2.75) is 12.5 Å². The van der Waals surface area contributed by atoms with Gasteiger partial charge in [-0.2, -0.15) is 0 Å².